The summed E-state index contributed by atoms with van der Waals surface area (Å²) in [5.74, 6) is 0. The van der Waals surface area contributed by atoms with Gasteiger partial charge in [0.1, 0.15) is 5.60 Å². The van der Waals surface area contributed by atoms with Crippen molar-refractivity contribution in [3.05, 3.63) is 0 Å². The maximum absolute atomic E-state index is 11.3. The molecule has 0 atom stereocenters. The van der Waals surface area contributed by atoms with E-state index in [4.69, 9.17) is 4.74 Å². The van der Waals surface area contributed by atoms with E-state index in [1.54, 1.807) is 25.5 Å². The van der Waals surface area contributed by atoms with Gasteiger partial charge in [-0.3, -0.25) is 0 Å². The zero-order valence-corrected chi connectivity index (χ0v) is 9.85. The van der Waals surface area contributed by atoms with E-state index in [1.165, 1.54) is 0 Å². The predicted molar refractivity (Wildman–Crippen MR) is 54.4 cm³/mol. The highest BCUT2D eigenvalue weighted by Crippen LogP contribution is 2.19. The van der Waals surface area contributed by atoms with Crippen LogP contribution in [0.1, 0.15) is 33.6 Å². The fourth-order valence-corrected chi connectivity index (χ4v) is 1.85. The molecule has 1 fully saturated rings. The van der Waals surface area contributed by atoms with Crippen molar-refractivity contribution in [1.82, 2.24) is 9.44 Å². The Bertz CT molecular complexity index is 340. The Balaban J connectivity index is 2.42. The van der Waals surface area contributed by atoms with Crippen LogP contribution in [0.4, 0.5) is 4.79 Å². The van der Waals surface area contributed by atoms with Gasteiger partial charge in [-0.1, -0.05) is 0 Å². The van der Waals surface area contributed by atoms with E-state index < -0.39 is 21.9 Å². The van der Waals surface area contributed by atoms with Gasteiger partial charge in [0.25, 0.3) is 0 Å². The summed E-state index contributed by atoms with van der Waals surface area (Å²) in [6.07, 6.45) is 0.667. The highest BCUT2D eigenvalue weighted by Gasteiger charge is 2.29. The van der Waals surface area contributed by atoms with Crippen LogP contribution >= 0.6 is 0 Å². The number of ether oxygens (including phenoxy) is 1. The molecule has 15 heavy (non-hydrogen) atoms. The van der Waals surface area contributed by atoms with Gasteiger partial charge in [0, 0.05) is 6.04 Å². The maximum Gasteiger partial charge on any atom is 0.422 e. The van der Waals surface area contributed by atoms with E-state index in [0.29, 0.717) is 0 Å². The van der Waals surface area contributed by atoms with Crippen LogP contribution in [-0.4, -0.2) is 26.2 Å². The van der Waals surface area contributed by atoms with Crippen molar-refractivity contribution in [2.24, 2.45) is 0 Å². The van der Waals surface area contributed by atoms with Crippen molar-refractivity contribution in [2.75, 3.05) is 0 Å². The van der Waals surface area contributed by atoms with E-state index in [2.05, 4.69) is 4.72 Å². The Hall–Kier alpha value is -0.820. The number of amides is 1. The third kappa shape index (κ3) is 5.58. The molecule has 88 valence electrons. The zero-order valence-electron chi connectivity index (χ0n) is 9.03. The van der Waals surface area contributed by atoms with Crippen LogP contribution in [0.15, 0.2) is 0 Å². The van der Waals surface area contributed by atoms with Gasteiger partial charge in [-0.2, -0.15) is 13.1 Å². The molecule has 1 aliphatic carbocycles. The van der Waals surface area contributed by atoms with E-state index >= 15 is 0 Å². The average Bonchev–Trinajstić information content (AvgIpc) is 2.62. The Morgan fingerprint density at radius 3 is 2.27 bits per heavy atom. The molecule has 1 saturated carbocycles. The molecule has 6 nitrogen and oxygen atoms in total. The first kappa shape index (κ1) is 12.3. The highest BCUT2D eigenvalue weighted by molar-refractivity contribution is 7.88. The highest BCUT2D eigenvalue weighted by atomic mass is 32.2. The van der Waals surface area contributed by atoms with Gasteiger partial charge in [0.15, 0.2) is 0 Å². The summed E-state index contributed by atoms with van der Waals surface area (Å²) in [6.45, 7) is 4.98. The number of hydrogen-bond acceptors (Lipinski definition) is 4. The van der Waals surface area contributed by atoms with Gasteiger partial charge < -0.3 is 4.74 Å². The lowest BCUT2D eigenvalue weighted by Crippen LogP contribution is -2.43. The number of carbonyl (C=O) groups is 1. The molecule has 1 amide bonds. The minimum atomic E-state index is -3.76. The van der Waals surface area contributed by atoms with Crippen LogP contribution in [0, 0.1) is 0 Å². The minimum Gasteiger partial charge on any atom is -0.443 e. The number of nitrogens with one attached hydrogen (secondary N) is 2. The van der Waals surface area contributed by atoms with Crippen LogP contribution < -0.4 is 9.44 Å². The van der Waals surface area contributed by atoms with Crippen LogP contribution in [-0.2, 0) is 14.9 Å². The molecule has 0 aromatic carbocycles. The topological polar surface area (TPSA) is 84.5 Å². The van der Waals surface area contributed by atoms with Crippen molar-refractivity contribution in [3.8, 4) is 0 Å². The second-order valence-corrected chi connectivity index (χ2v) is 5.95. The van der Waals surface area contributed by atoms with Crippen molar-refractivity contribution in [1.29, 1.82) is 0 Å². The fraction of sp³-hybridized carbons (Fsp3) is 0.875. The lowest BCUT2D eigenvalue weighted by molar-refractivity contribution is 0.0569. The predicted octanol–water partition coefficient (Wildman–Crippen LogP) is 0.508. The Labute approximate surface area is 89.6 Å². The second-order valence-electron chi connectivity index (χ2n) is 4.50. The van der Waals surface area contributed by atoms with Crippen molar-refractivity contribution in [2.45, 2.75) is 45.3 Å². The monoisotopic (exact) mass is 236 g/mol. The zero-order chi connectivity index (χ0) is 11.7. The van der Waals surface area contributed by atoms with Crippen LogP contribution in [0.3, 0.4) is 0 Å². The van der Waals surface area contributed by atoms with Gasteiger partial charge in [0.2, 0.25) is 0 Å². The summed E-state index contributed by atoms with van der Waals surface area (Å²) < 4.78 is 31.4. The number of rotatable bonds is 3. The first-order valence-corrected chi connectivity index (χ1v) is 6.19. The molecule has 2 N–H and O–H groups in total. The second kappa shape index (κ2) is 3.97. The molecule has 0 aliphatic heterocycles. The Morgan fingerprint density at radius 2 is 1.87 bits per heavy atom. The molecule has 0 spiro atoms. The molecule has 7 heteroatoms. The van der Waals surface area contributed by atoms with Gasteiger partial charge in [-0.25, -0.2) is 9.52 Å². The number of hydrogen-bond donors (Lipinski definition) is 2. The molecule has 0 radical (unpaired) electrons. The molecule has 0 unspecified atom stereocenters. The lowest BCUT2D eigenvalue weighted by atomic mass is 10.2. The Morgan fingerprint density at radius 1 is 1.33 bits per heavy atom. The first-order chi connectivity index (χ1) is 6.68. The van der Waals surface area contributed by atoms with Crippen molar-refractivity contribution < 1.29 is 17.9 Å². The van der Waals surface area contributed by atoms with Crippen molar-refractivity contribution >= 4 is 16.3 Å². The smallest absolute Gasteiger partial charge is 0.422 e. The molecule has 0 aromatic heterocycles. The minimum absolute atomic E-state index is 0.0371. The molecule has 1 rings (SSSR count). The fourth-order valence-electron chi connectivity index (χ4n) is 0.859. The van der Waals surface area contributed by atoms with E-state index in [1.807, 2.05) is 0 Å². The molecule has 1 aliphatic rings. The summed E-state index contributed by atoms with van der Waals surface area (Å²) >= 11 is 0. The third-order valence-corrected chi connectivity index (χ3v) is 2.59. The molecule has 0 heterocycles. The maximum atomic E-state index is 11.3. The summed E-state index contributed by atoms with van der Waals surface area (Å²) in [5, 5.41) is 0. The van der Waals surface area contributed by atoms with Crippen LogP contribution in [0.2, 0.25) is 0 Å². The van der Waals surface area contributed by atoms with Crippen molar-refractivity contribution in [3.63, 3.8) is 0 Å². The van der Waals surface area contributed by atoms with E-state index in [-0.39, 0.29) is 6.04 Å². The average molecular weight is 236 g/mol. The molecule has 0 aromatic rings. The molecular weight excluding hydrogens is 220 g/mol. The largest absolute Gasteiger partial charge is 0.443 e. The van der Waals surface area contributed by atoms with Gasteiger partial charge in [-0.15, -0.1) is 0 Å². The molecule has 0 bridgehead atoms. The number of carbonyl (C=O) groups excluding carboxylic acids is 1. The van der Waals surface area contributed by atoms with Crippen LogP contribution in [0.5, 0.6) is 0 Å². The van der Waals surface area contributed by atoms with E-state index in [9.17, 15) is 13.2 Å². The quantitative estimate of drug-likeness (QED) is 0.747. The van der Waals surface area contributed by atoms with Gasteiger partial charge in [0.05, 0.1) is 0 Å². The SMILES string of the molecule is CC(C)(C)OC(=O)NS(=O)(=O)NC1CC1. The lowest BCUT2D eigenvalue weighted by Gasteiger charge is -2.19. The Kier molecular flexibility index (Phi) is 3.25. The third-order valence-electron chi connectivity index (χ3n) is 1.52. The van der Waals surface area contributed by atoms with Gasteiger partial charge in [-0.05, 0) is 33.6 Å². The van der Waals surface area contributed by atoms with Gasteiger partial charge >= 0.3 is 16.3 Å². The normalized spacial score (nSPS) is 17.3. The first-order valence-electron chi connectivity index (χ1n) is 4.71. The van der Waals surface area contributed by atoms with E-state index in [0.717, 1.165) is 12.8 Å². The molecular formula is C8H16N2O4S. The molecule has 0 saturated heterocycles. The standard InChI is InChI=1S/C8H16N2O4S/c1-8(2,3)14-7(11)10-15(12,13)9-6-4-5-6/h6,9H,4-5H2,1-3H3,(H,10,11). The summed E-state index contributed by atoms with van der Waals surface area (Å²) in [5.41, 5.74) is -0.709. The summed E-state index contributed by atoms with van der Waals surface area (Å²) in [7, 11) is -3.76. The summed E-state index contributed by atoms with van der Waals surface area (Å²) in [6, 6.07) is -0.0371. The summed E-state index contributed by atoms with van der Waals surface area (Å²) in [4.78, 5) is 11.1. The van der Waals surface area contributed by atoms with Crippen LogP contribution in [0.25, 0.3) is 0 Å².